The SMILES string of the molecule is CCC1CC1NS(=O)(=O)c1cnn(CCN)c1. The molecule has 1 saturated carbocycles. The number of nitrogens with two attached hydrogens (primary N) is 1. The first-order valence-corrected chi connectivity index (χ1v) is 7.30. The van der Waals surface area contributed by atoms with Crippen molar-refractivity contribution in [1.29, 1.82) is 0 Å². The maximum Gasteiger partial charge on any atom is 0.243 e. The van der Waals surface area contributed by atoms with Gasteiger partial charge in [0.2, 0.25) is 10.0 Å². The minimum absolute atomic E-state index is 0.0999. The molecule has 0 aromatic carbocycles. The van der Waals surface area contributed by atoms with Gasteiger partial charge >= 0.3 is 0 Å². The molecule has 2 rings (SSSR count). The van der Waals surface area contributed by atoms with Crippen LogP contribution in [0.15, 0.2) is 17.3 Å². The summed E-state index contributed by atoms with van der Waals surface area (Å²) in [6, 6.07) is 0.0999. The molecule has 1 fully saturated rings. The molecule has 3 N–H and O–H groups in total. The van der Waals surface area contributed by atoms with Gasteiger partial charge in [0.15, 0.2) is 0 Å². The maximum absolute atomic E-state index is 12.0. The number of nitrogens with zero attached hydrogens (tertiary/aromatic N) is 2. The summed E-state index contributed by atoms with van der Waals surface area (Å²) in [5, 5.41) is 3.96. The smallest absolute Gasteiger partial charge is 0.243 e. The van der Waals surface area contributed by atoms with Gasteiger partial charge < -0.3 is 5.73 Å². The zero-order valence-corrected chi connectivity index (χ0v) is 10.7. The lowest BCUT2D eigenvalue weighted by molar-refractivity contribution is 0.575. The quantitative estimate of drug-likeness (QED) is 0.746. The molecular formula is C10H18N4O2S. The average molecular weight is 258 g/mol. The van der Waals surface area contributed by atoms with Crippen LogP contribution in [-0.2, 0) is 16.6 Å². The van der Waals surface area contributed by atoms with E-state index >= 15 is 0 Å². The number of sulfonamides is 1. The summed E-state index contributed by atoms with van der Waals surface area (Å²) in [6.07, 6.45) is 4.83. The monoisotopic (exact) mass is 258 g/mol. The number of hydrogen-bond donors (Lipinski definition) is 2. The molecule has 0 aliphatic heterocycles. The van der Waals surface area contributed by atoms with Crippen LogP contribution in [0.4, 0.5) is 0 Å². The summed E-state index contributed by atoms with van der Waals surface area (Å²) in [5.74, 6) is 0.490. The summed E-state index contributed by atoms with van der Waals surface area (Å²) in [5.41, 5.74) is 5.38. The first kappa shape index (κ1) is 12.5. The van der Waals surface area contributed by atoms with Crippen molar-refractivity contribution >= 4 is 10.0 Å². The zero-order valence-electron chi connectivity index (χ0n) is 9.83. The molecular weight excluding hydrogens is 240 g/mol. The van der Waals surface area contributed by atoms with Gasteiger partial charge in [-0.15, -0.1) is 0 Å². The van der Waals surface area contributed by atoms with Crippen molar-refractivity contribution in [2.45, 2.75) is 37.2 Å². The number of rotatable bonds is 6. The van der Waals surface area contributed by atoms with Gasteiger partial charge in [0, 0.05) is 18.8 Å². The second-order valence-electron chi connectivity index (χ2n) is 4.36. The van der Waals surface area contributed by atoms with Crippen LogP contribution in [-0.4, -0.2) is 30.8 Å². The van der Waals surface area contributed by atoms with Crippen LogP contribution in [0, 0.1) is 5.92 Å². The molecule has 1 aliphatic rings. The molecule has 6 nitrogen and oxygen atoms in total. The van der Waals surface area contributed by atoms with Crippen LogP contribution in [0.3, 0.4) is 0 Å². The van der Waals surface area contributed by atoms with Crippen molar-refractivity contribution in [1.82, 2.24) is 14.5 Å². The van der Waals surface area contributed by atoms with Gasteiger partial charge in [0.25, 0.3) is 0 Å². The predicted octanol–water partition coefficient (Wildman–Crippen LogP) is -0.0814. The molecule has 17 heavy (non-hydrogen) atoms. The Kier molecular flexibility index (Phi) is 3.50. The van der Waals surface area contributed by atoms with Crippen LogP contribution >= 0.6 is 0 Å². The topological polar surface area (TPSA) is 90.0 Å². The van der Waals surface area contributed by atoms with Gasteiger partial charge in [-0.25, -0.2) is 13.1 Å². The second-order valence-corrected chi connectivity index (χ2v) is 6.07. The number of hydrogen-bond acceptors (Lipinski definition) is 4. The highest BCUT2D eigenvalue weighted by Crippen LogP contribution is 2.34. The predicted molar refractivity (Wildman–Crippen MR) is 63.8 cm³/mol. The van der Waals surface area contributed by atoms with E-state index in [1.807, 2.05) is 0 Å². The molecule has 0 radical (unpaired) electrons. The number of aromatic nitrogens is 2. The van der Waals surface area contributed by atoms with Crippen molar-refractivity contribution in [3.63, 3.8) is 0 Å². The summed E-state index contributed by atoms with van der Waals surface area (Å²) >= 11 is 0. The fourth-order valence-electron chi connectivity index (χ4n) is 1.85. The lowest BCUT2D eigenvalue weighted by atomic mass is 10.3. The Balaban J connectivity index is 2.04. The normalized spacial score (nSPS) is 23.9. The van der Waals surface area contributed by atoms with Gasteiger partial charge in [-0.3, -0.25) is 4.68 Å². The maximum atomic E-state index is 12.0. The fraction of sp³-hybridized carbons (Fsp3) is 0.700. The molecule has 0 saturated heterocycles. The first-order chi connectivity index (χ1) is 8.06. The molecule has 1 aliphatic carbocycles. The standard InChI is InChI=1S/C10H18N4O2S/c1-2-8-5-10(8)13-17(15,16)9-6-12-14(7-9)4-3-11/h6-8,10,13H,2-5,11H2,1H3. The van der Waals surface area contributed by atoms with Gasteiger partial charge in [-0.1, -0.05) is 13.3 Å². The van der Waals surface area contributed by atoms with E-state index in [-0.39, 0.29) is 10.9 Å². The van der Waals surface area contributed by atoms with Crippen LogP contribution < -0.4 is 10.5 Å². The van der Waals surface area contributed by atoms with Crippen molar-refractivity contribution in [2.75, 3.05) is 6.54 Å². The summed E-state index contributed by atoms with van der Waals surface area (Å²) in [7, 11) is -3.41. The summed E-state index contributed by atoms with van der Waals surface area (Å²) in [6.45, 7) is 3.03. The van der Waals surface area contributed by atoms with Crippen molar-refractivity contribution < 1.29 is 8.42 Å². The molecule has 0 amide bonds. The second kappa shape index (κ2) is 4.75. The molecule has 1 aromatic heterocycles. The Morgan fingerprint density at radius 1 is 1.65 bits per heavy atom. The molecule has 0 bridgehead atoms. The van der Waals surface area contributed by atoms with Gasteiger partial charge in [-0.2, -0.15) is 5.10 Å². The largest absolute Gasteiger partial charge is 0.329 e. The van der Waals surface area contributed by atoms with E-state index in [9.17, 15) is 8.42 Å². The minimum atomic E-state index is -3.41. The Morgan fingerprint density at radius 2 is 2.41 bits per heavy atom. The molecule has 1 heterocycles. The van der Waals surface area contributed by atoms with E-state index in [0.29, 0.717) is 19.0 Å². The Morgan fingerprint density at radius 3 is 3.00 bits per heavy atom. The molecule has 96 valence electrons. The van der Waals surface area contributed by atoms with E-state index in [2.05, 4.69) is 16.7 Å². The van der Waals surface area contributed by atoms with Crippen molar-refractivity contribution in [2.24, 2.45) is 11.7 Å². The minimum Gasteiger partial charge on any atom is -0.329 e. The first-order valence-electron chi connectivity index (χ1n) is 5.81. The van der Waals surface area contributed by atoms with Crippen molar-refractivity contribution in [3.8, 4) is 0 Å². The van der Waals surface area contributed by atoms with Crippen LogP contribution in [0.25, 0.3) is 0 Å². The lowest BCUT2D eigenvalue weighted by Crippen LogP contribution is -2.26. The highest BCUT2D eigenvalue weighted by atomic mass is 32.2. The summed E-state index contributed by atoms with van der Waals surface area (Å²) in [4.78, 5) is 0.215. The highest BCUT2D eigenvalue weighted by molar-refractivity contribution is 7.89. The Bertz CT molecular complexity index is 482. The van der Waals surface area contributed by atoms with Crippen molar-refractivity contribution in [3.05, 3.63) is 12.4 Å². The molecule has 7 heteroatoms. The van der Waals surface area contributed by atoms with E-state index in [1.54, 1.807) is 4.68 Å². The van der Waals surface area contributed by atoms with E-state index in [0.717, 1.165) is 12.8 Å². The van der Waals surface area contributed by atoms with Gasteiger partial charge in [-0.05, 0) is 12.3 Å². The third-order valence-corrected chi connectivity index (χ3v) is 4.48. The molecule has 0 spiro atoms. The van der Waals surface area contributed by atoms with Crippen LogP contribution in [0.2, 0.25) is 0 Å². The highest BCUT2D eigenvalue weighted by Gasteiger charge is 2.38. The average Bonchev–Trinajstić information content (AvgIpc) is 2.82. The van der Waals surface area contributed by atoms with Crippen LogP contribution in [0.5, 0.6) is 0 Å². The van der Waals surface area contributed by atoms with E-state index in [1.165, 1.54) is 12.4 Å². The Labute approximate surface area is 101 Å². The lowest BCUT2D eigenvalue weighted by Gasteiger charge is -2.03. The van der Waals surface area contributed by atoms with Crippen LogP contribution in [0.1, 0.15) is 19.8 Å². The van der Waals surface area contributed by atoms with E-state index in [4.69, 9.17) is 5.73 Å². The third kappa shape index (κ3) is 2.85. The van der Waals surface area contributed by atoms with E-state index < -0.39 is 10.0 Å². The third-order valence-electron chi connectivity index (χ3n) is 3.03. The number of nitrogens with one attached hydrogen (secondary N) is 1. The summed E-state index contributed by atoms with van der Waals surface area (Å²) < 4.78 is 28.2. The Hall–Kier alpha value is -0.920. The zero-order chi connectivity index (χ0) is 12.5. The molecule has 2 atom stereocenters. The van der Waals surface area contributed by atoms with Gasteiger partial charge in [0.1, 0.15) is 4.90 Å². The molecule has 1 aromatic rings. The fourth-order valence-corrected chi connectivity index (χ4v) is 3.12. The van der Waals surface area contributed by atoms with Gasteiger partial charge in [0.05, 0.1) is 12.7 Å². The molecule has 2 unspecified atom stereocenters.